The molecule has 1 rings (SSSR count). The molecule has 10 heavy (non-hydrogen) atoms. The lowest BCUT2D eigenvalue weighted by atomic mass is 10.3. The third kappa shape index (κ3) is 1.31. The maximum absolute atomic E-state index is 9.42. The Kier molecular flexibility index (Phi) is 1.72. The standard InChI is InChI=1S/C7H10O2P/c1-4-7-6(2)5-10(3,8)9-7/h1,8H,5H2,2-3H3/q+1. The van der Waals surface area contributed by atoms with Crippen molar-refractivity contribution in [3.05, 3.63) is 11.3 Å². The highest BCUT2D eigenvalue weighted by atomic mass is 31.2. The third-order valence-corrected chi connectivity index (χ3v) is 2.97. The van der Waals surface area contributed by atoms with Crippen LogP contribution in [-0.4, -0.2) is 17.7 Å². The lowest BCUT2D eigenvalue weighted by Crippen LogP contribution is -1.89. The summed E-state index contributed by atoms with van der Waals surface area (Å²) in [5, 5.41) is 0. The van der Waals surface area contributed by atoms with Crippen LogP contribution < -0.4 is 0 Å². The van der Waals surface area contributed by atoms with Crippen LogP contribution >= 0.6 is 7.72 Å². The van der Waals surface area contributed by atoms with Crippen molar-refractivity contribution in [2.24, 2.45) is 0 Å². The summed E-state index contributed by atoms with van der Waals surface area (Å²) in [5.41, 5.74) is 0.987. The summed E-state index contributed by atoms with van der Waals surface area (Å²) < 4.78 is 5.12. The van der Waals surface area contributed by atoms with E-state index in [9.17, 15) is 4.89 Å². The smallest absolute Gasteiger partial charge is 0.311 e. The first-order valence-electron chi connectivity index (χ1n) is 2.99. The summed E-state index contributed by atoms with van der Waals surface area (Å²) in [5.74, 6) is 2.92. The molecule has 3 heteroatoms. The van der Waals surface area contributed by atoms with Crippen molar-refractivity contribution in [2.45, 2.75) is 6.92 Å². The number of terminal acetylenes is 1. The van der Waals surface area contributed by atoms with Gasteiger partial charge in [-0.3, -0.25) is 0 Å². The van der Waals surface area contributed by atoms with Crippen molar-refractivity contribution in [2.75, 3.05) is 12.8 Å². The highest BCUT2D eigenvalue weighted by molar-refractivity contribution is 7.65. The molecule has 1 unspecified atom stereocenters. The Morgan fingerprint density at radius 3 is 2.60 bits per heavy atom. The van der Waals surface area contributed by atoms with E-state index in [4.69, 9.17) is 10.9 Å². The Morgan fingerprint density at radius 1 is 1.80 bits per heavy atom. The SMILES string of the molecule is C#CC1=C(C)C[P+](C)(O)O1. The van der Waals surface area contributed by atoms with Crippen LogP contribution in [0.1, 0.15) is 6.92 Å². The second-order valence-electron chi connectivity index (χ2n) is 2.55. The van der Waals surface area contributed by atoms with Gasteiger partial charge in [-0.15, -0.1) is 6.42 Å². The molecular formula is C7H10O2P+. The van der Waals surface area contributed by atoms with Gasteiger partial charge in [0.2, 0.25) is 5.76 Å². The molecule has 1 atom stereocenters. The minimum absolute atomic E-state index is 0.526. The summed E-state index contributed by atoms with van der Waals surface area (Å²) in [4.78, 5) is 9.42. The molecule has 0 aromatic rings. The fourth-order valence-electron chi connectivity index (χ4n) is 0.968. The van der Waals surface area contributed by atoms with Crippen LogP contribution in [0.5, 0.6) is 0 Å². The predicted molar refractivity (Wildman–Crippen MR) is 42.5 cm³/mol. The van der Waals surface area contributed by atoms with Gasteiger partial charge in [-0.1, -0.05) is 0 Å². The lowest BCUT2D eigenvalue weighted by molar-refractivity contribution is 0.413. The fourth-order valence-corrected chi connectivity index (χ4v) is 2.66. The van der Waals surface area contributed by atoms with E-state index < -0.39 is 7.72 Å². The van der Waals surface area contributed by atoms with Gasteiger partial charge in [-0.05, 0) is 12.8 Å². The van der Waals surface area contributed by atoms with Crippen LogP contribution in [0.3, 0.4) is 0 Å². The summed E-state index contributed by atoms with van der Waals surface area (Å²) in [6.45, 7) is 3.59. The van der Waals surface area contributed by atoms with Crippen LogP contribution in [-0.2, 0) is 4.52 Å². The van der Waals surface area contributed by atoms with E-state index in [2.05, 4.69) is 5.92 Å². The van der Waals surface area contributed by atoms with Gasteiger partial charge >= 0.3 is 7.72 Å². The van der Waals surface area contributed by atoms with Crippen molar-refractivity contribution < 1.29 is 9.42 Å². The van der Waals surface area contributed by atoms with E-state index >= 15 is 0 Å². The highest BCUT2D eigenvalue weighted by Crippen LogP contribution is 2.59. The van der Waals surface area contributed by atoms with Crippen molar-refractivity contribution >= 4 is 7.72 Å². The molecule has 0 aromatic carbocycles. The molecule has 0 spiro atoms. The Morgan fingerprint density at radius 2 is 2.40 bits per heavy atom. The molecule has 0 aliphatic carbocycles. The number of hydrogen-bond donors (Lipinski definition) is 1. The minimum Gasteiger partial charge on any atom is -0.311 e. The van der Waals surface area contributed by atoms with Gasteiger partial charge in [-0.25, -0.2) is 4.89 Å². The average molecular weight is 157 g/mol. The van der Waals surface area contributed by atoms with Gasteiger partial charge in [0.15, 0.2) is 0 Å². The molecule has 54 valence electrons. The van der Waals surface area contributed by atoms with Gasteiger partial charge in [0, 0.05) is 5.57 Å². The molecule has 0 aromatic heterocycles. The van der Waals surface area contributed by atoms with Crippen molar-refractivity contribution in [1.29, 1.82) is 0 Å². The van der Waals surface area contributed by atoms with Gasteiger partial charge in [0.05, 0.1) is 0 Å². The summed E-state index contributed by atoms with van der Waals surface area (Å²) in [7, 11) is -2.14. The summed E-state index contributed by atoms with van der Waals surface area (Å²) >= 11 is 0. The zero-order valence-electron chi connectivity index (χ0n) is 6.09. The van der Waals surface area contributed by atoms with Gasteiger partial charge in [-0.2, -0.15) is 0 Å². The van der Waals surface area contributed by atoms with Gasteiger partial charge in [0.1, 0.15) is 12.8 Å². The number of rotatable bonds is 0. The molecule has 0 saturated carbocycles. The van der Waals surface area contributed by atoms with Gasteiger partial charge in [0.25, 0.3) is 0 Å². The van der Waals surface area contributed by atoms with Crippen molar-refractivity contribution in [3.63, 3.8) is 0 Å². The number of hydrogen-bond acceptors (Lipinski definition) is 2. The second-order valence-corrected chi connectivity index (χ2v) is 5.15. The molecule has 0 amide bonds. The van der Waals surface area contributed by atoms with Crippen LogP contribution in [0.25, 0.3) is 0 Å². The van der Waals surface area contributed by atoms with E-state index in [1.807, 2.05) is 6.92 Å². The monoisotopic (exact) mass is 157 g/mol. The van der Waals surface area contributed by atoms with Crippen LogP contribution in [0.2, 0.25) is 0 Å². The van der Waals surface area contributed by atoms with Crippen LogP contribution in [0.4, 0.5) is 0 Å². The maximum atomic E-state index is 9.42. The zero-order valence-corrected chi connectivity index (χ0v) is 6.98. The fraction of sp³-hybridized carbons (Fsp3) is 0.429. The maximum Gasteiger partial charge on any atom is 0.318 e. The number of allylic oxidation sites excluding steroid dienone is 2. The molecule has 1 N–H and O–H groups in total. The summed E-state index contributed by atoms with van der Waals surface area (Å²) in [6.07, 6.45) is 5.74. The quantitative estimate of drug-likeness (QED) is 0.425. The minimum atomic E-state index is -2.14. The molecule has 0 fully saturated rings. The van der Waals surface area contributed by atoms with E-state index in [0.717, 1.165) is 5.57 Å². The molecular weight excluding hydrogens is 147 g/mol. The second kappa shape index (κ2) is 2.27. The summed E-state index contributed by atoms with van der Waals surface area (Å²) in [6, 6.07) is 0. The molecule has 1 heterocycles. The molecule has 0 saturated heterocycles. The molecule has 1 aliphatic rings. The third-order valence-electron chi connectivity index (χ3n) is 1.34. The molecule has 1 aliphatic heterocycles. The highest BCUT2D eigenvalue weighted by Gasteiger charge is 2.40. The first kappa shape index (κ1) is 7.60. The lowest BCUT2D eigenvalue weighted by Gasteiger charge is -2.04. The Labute approximate surface area is 61.4 Å². The van der Waals surface area contributed by atoms with E-state index in [-0.39, 0.29) is 0 Å². The first-order valence-corrected chi connectivity index (χ1v) is 5.28. The van der Waals surface area contributed by atoms with E-state index in [0.29, 0.717) is 11.9 Å². The topological polar surface area (TPSA) is 29.5 Å². The largest absolute Gasteiger partial charge is 0.318 e. The van der Waals surface area contributed by atoms with Crippen molar-refractivity contribution in [1.82, 2.24) is 0 Å². The van der Waals surface area contributed by atoms with E-state index in [1.165, 1.54) is 0 Å². The zero-order chi connectivity index (χ0) is 7.78. The Bertz CT molecular complexity index is 222. The van der Waals surface area contributed by atoms with Crippen LogP contribution in [0.15, 0.2) is 11.3 Å². The molecule has 0 radical (unpaired) electrons. The van der Waals surface area contributed by atoms with E-state index in [1.54, 1.807) is 6.66 Å². The first-order chi connectivity index (χ1) is 4.55. The molecule has 2 nitrogen and oxygen atoms in total. The van der Waals surface area contributed by atoms with Crippen molar-refractivity contribution in [3.8, 4) is 12.3 Å². The molecule has 0 bridgehead atoms. The Balaban J connectivity index is 2.81. The Hall–Kier alpha value is -0.510. The normalized spacial score (nSPS) is 31.8. The van der Waals surface area contributed by atoms with Gasteiger partial charge < -0.3 is 4.52 Å². The van der Waals surface area contributed by atoms with Crippen LogP contribution in [0, 0.1) is 12.3 Å². The predicted octanol–water partition coefficient (Wildman–Crippen LogP) is 1.39. The average Bonchev–Trinajstić information content (AvgIpc) is 2.05.